The van der Waals surface area contributed by atoms with Crippen LogP contribution in [0.4, 0.5) is 17.1 Å². The van der Waals surface area contributed by atoms with Gasteiger partial charge >= 0.3 is 56.5 Å². The van der Waals surface area contributed by atoms with E-state index in [1.54, 1.807) is 83.6 Å². The number of carbonyl (C=O) groups is 4. The molecule has 50 heteroatoms. The van der Waals surface area contributed by atoms with E-state index in [4.69, 9.17) is 50.9 Å². The molecule has 13 nitrogen and oxygen atoms in total. The number of rotatable bonds is 12. The maximum atomic E-state index is 14.0. The van der Waals surface area contributed by atoms with Crippen molar-refractivity contribution in [2.75, 3.05) is 16.4 Å². The van der Waals surface area contributed by atoms with Gasteiger partial charge in [0.05, 0.1) is 0 Å². The van der Waals surface area contributed by atoms with E-state index in [1.165, 1.54) is 251 Å². The summed E-state index contributed by atoms with van der Waals surface area (Å²) in [6.07, 6.45) is 1.53. The number of aromatic nitrogens is 2. The van der Waals surface area contributed by atoms with E-state index in [0.29, 0.717) is 28.5 Å². The summed E-state index contributed by atoms with van der Waals surface area (Å²) in [5.41, 5.74) is 52.7. The normalized spacial score (nSPS) is 10.3. The van der Waals surface area contributed by atoms with Crippen LogP contribution in [0.5, 0.6) is 0 Å². The number of halogens is 6. The molecule has 7 N–H and O–H groups in total. The molecule has 7 aromatic carbocycles. The molecular weight excluding hydrogens is 2880 g/mol. The number of nitrogens with two attached hydrogens (primary N) is 1. The molecule has 0 bridgehead atoms. The van der Waals surface area contributed by atoms with Crippen LogP contribution in [0.3, 0.4) is 0 Å². The third-order valence-electron chi connectivity index (χ3n) is 25.9. The van der Waals surface area contributed by atoms with Crippen molar-refractivity contribution in [1.29, 1.82) is 0 Å². The number of aliphatic hydroxyl groups is 1. The number of anilines is 3. The molecular formula is C100H140Cl3I3N5O8S31-. The second kappa shape index (κ2) is 87.9. The molecule has 0 fully saturated rings. The number of thioether (sulfide) groups is 1. The molecule has 0 radical (unpaired) electrons. The predicted molar refractivity (Wildman–Crippen MR) is 751 cm³/mol. The number of aliphatic hydroxyl groups excluding tert-OH is 1. The SMILES string of the molecule is C.CC.CC.Cc1c(C)c(C)c(C(Cl)C(=O)Cl)c(C)c1C.Cc1c(C)c(C)c(C(O)C(=O)O)c(C)c1C.Cc1c(C)c(C)c(N)c(C)c1C.Cc1c(C)c(C)c(NC(=O)C(Cl)c2c(C)c(C)c(C)c(C)c2C)c(C)c1C.Cc1c(C)c(C)c(NC(=O)C(Sc2cccc[n+]2[O-])c2c(C)c(C)c(C)c(C)c2C)c(C)c1C.I[I-]I.On1ccccc1=S.S=S=S=S.S=S=S=S=S.S=S=S=S=S=S.S=S=S=S=S=S=S.S=S=S=S=S=S=S. The topological polar surface area (TPSA) is 211 Å². The molecule has 842 valence electrons. The number of pyridine rings is 2. The molecule has 9 aromatic rings. The van der Waals surface area contributed by atoms with Crippen molar-refractivity contribution in [1.82, 2.24) is 4.73 Å². The van der Waals surface area contributed by atoms with Crippen LogP contribution in [0.1, 0.15) is 274 Å². The fourth-order valence-corrected chi connectivity index (χ4v) is 41.6. The number of hydrogen-bond donors (Lipinski definition) is 6. The number of carbonyl (C=O) groups excluding carboxylic acids is 3. The zero-order valence-electron chi connectivity index (χ0n) is 90.7. The summed E-state index contributed by atoms with van der Waals surface area (Å²) in [6, 6.07) is 10.4. The number of carboxylic acid groups (broad SMARTS) is 1. The van der Waals surface area contributed by atoms with Gasteiger partial charge in [0.15, 0.2) is 12.3 Å². The summed E-state index contributed by atoms with van der Waals surface area (Å²) < 4.78 is 2.16. The molecule has 0 spiro atoms. The van der Waals surface area contributed by atoms with E-state index >= 15 is 0 Å². The molecule has 9 rings (SSSR count). The van der Waals surface area contributed by atoms with Crippen LogP contribution in [0.2, 0.25) is 0 Å². The van der Waals surface area contributed by atoms with E-state index in [-0.39, 0.29) is 19.2 Å². The van der Waals surface area contributed by atoms with Gasteiger partial charge in [0.25, 0.3) is 5.03 Å². The van der Waals surface area contributed by atoms with E-state index in [9.17, 15) is 29.5 Å². The second-order valence-electron chi connectivity index (χ2n) is 32.0. The van der Waals surface area contributed by atoms with Crippen molar-refractivity contribution in [3.8, 4) is 0 Å². The van der Waals surface area contributed by atoms with Gasteiger partial charge in [0, 0.05) is 316 Å². The first kappa shape index (κ1) is 161. The summed E-state index contributed by atoms with van der Waals surface area (Å²) in [7, 11) is 26.7. The van der Waals surface area contributed by atoms with Gasteiger partial charge in [-0.1, -0.05) is 53.4 Å². The molecule has 2 heterocycles. The number of hydrogen-bond acceptors (Lipinski definition) is 20. The van der Waals surface area contributed by atoms with E-state index in [1.807, 2.05) is 96.1 Å². The number of aliphatic carboxylic acids is 1. The Morgan fingerprint density at radius 1 is 0.360 bits per heavy atom. The number of alkyl halides is 2. The van der Waals surface area contributed by atoms with Crippen molar-refractivity contribution in [3.63, 3.8) is 0 Å². The van der Waals surface area contributed by atoms with Crippen molar-refractivity contribution in [2.24, 2.45) is 0 Å². The van der Waals surface area contributed by atoms with E-state index < -0.39 is 33.3 Å². The largest absolute Gasteiger partial charge is 0.428 e. The van der Waals surface area contributed by atoms with Gasteiger partial charge in [-0.3, -0.25) is 14.4 Å². The van der Waals surface area contributed by atoms with Crippen LogP contribution in [-0.4, -0.2) is 43.2 Å². The number of amides is 2. The molecule has 0 aliphatic rings. The monoisotopic (exact) mass is 3020 g/mol. The Labute approximate surface area is 1050 Å². The van der Waals surface area contributed by atoms with E-state index in [2.05, 4.69) is 352 Å². The van der Waals surface area contributed by atoms with Crippen LogP contribution < -0.4 is 34.4 Å². The maximum Gasteiger partial charge on any atom is 0.142 e. The maximum absolute atomic E-state index is 14.0. The van der Waals surface area contributed by atoms with Crippen LogP contribution in [0.15, 0.2) is 53.8 Å². The number of nitrogens with zero attached hydrogens (tertiary/aromatic N) is 2. The molecule has 4 unspecified atom stereocenters. The number of carboxylic acids is 1. The Bertz CT molecular complexity index is 6740. The number of nitrogen functional groups attached to an aromatic ring is 1. The summed E-state index contributed by atoms with van der Waals surface area (Å²) in [5.74, 6) is -1.48. The van der Waals surface area contributed by atoms with Crippen molar-refractivity contribution < 1.29 is 52.6 Å². The zero-order valence-corrected chi connectivity index (χ0v) is 125. The quantitative estimate of drug-likeness (QED) is 0.00773. The fraction of sp³-hybridized carbons (Fsp3) is 0.440. The fourth-order valence-electron chi connectivity index (χ4n) is 14.7. The third kappa shape index (κ3) is 52.2. The van der Waals surface area contributed by atoms with Gasteiger partial charge in [0.1, 0.15) is 20.6 Å². The molecule has 150 heavy (non-hydrogen) atoms. The summed E-state index contributed by atoms with van der Waals surface area (Å²) in [4.78, 5) is 49.2. The summed E-state index contributed by atoms with van der Waals surface area (Å²) in [6.45, 7) is 80.2. The molecule has 0 saturated carbocycles. The first-order valence-corrected chi connectivity index (χ1v) is 91.5. The molecule has 0 aliphatic carbocycles. The third-order valence-corrected chi connectivity index (χ3v) is 59.8. The van der Waals surface area contributed by atoms with Crippen LogP contribution >= 0.6 is 96.0 Å². The van der Waals surface area contributed by atoms with Gasteiger partial charge in [-0.25, -0.2) is 4.79 Å². The predicted octanol–water partition coefficient (Wildman–Crippen LogP) is 25.8. The van der Waals surface area contributed by atoms with Gasteiger partial charge in [-0.15, -0.1) is 23.2 Å². The average Bonchev–Trinajstić information content (AvgIpc) is 0.755. The van der Waals surface area contributed by atoms with Crippen LogP contribution in [-0.2, 0) is 300 Å². The molecule has 4 atom stereocenters. The van der Waals surface area contributed by atoms with Crippen LogP contribution in [0.25, 0.3) is 0 Å². The minimum Gasteiger partial charge on any atom is -0.428 e. The van der Waals surface area contributed by atoms with E-state index in [0.717, 1.165) is 127 Å². The standard InChI is InChI=1S/C29H36N2O2S.C24H32ClNO.C13H16Cl2O.C13H18O3.C11H17N.C5H5NOS.2C2H6.CH4.I3.2S7.S6.S5.S4/c1-15-17(3)21(7)26(22(8)18(15)4)28(34-25-13-11-12-14-31(25)33)29(32)30-27-23(9)19(5)16(2)20(6)24(27)10;1-11-13(3)17(7)21(18(8)14(11)4)22(25)24(27)26-23-19(9)15(5)12(2)16(6)20(23)10;2*1-6-7(2)9(4)11(10(5)8(6)3)12(14)13(15)16;1-6-7(2)9(4)11(12)10(5)8(6)3;7-6-4-2-1-3-5(6)8;2*1-2;;1-3-2;2*1-3-5-7-6-4-2;1-3-5-6-4-2;1-3-5-4-2;1-3-4-2/h11-14,28H,1-10H3,(H,30,32);22H,1-10H3,(H,26,27);12H,1-5H3;12,14H,1-5H3,(H,15,16);12H2,1-5H3;1-4,7H;2*1-2H3;1H4;;;;;;/q;;;;;;;;;-1;;;;;. The Kier molecular flexibility index (Phi) is 94.2. The Morgan fingerprint density at radius 3 is 0.827 bits per heavy atom. The number of nitrogens with one attached hydrogen (secondary N) is 2. The van der Waals surface area contributed by atoms with Crippen molar-refractivity contribution in [3.05, 3.63) is 276 Å². The smallest absolute Gasteiger partial charge is 0.142 e. The van der Waals surface area contributed by atoms with Gasteiger partial charge in [-0.05, 0) is 501 Å². The number of benzene rings is 7. The van der Waals surface area contributed by atoms with Crippen molar-refractivity contribution >= 4 is 417 Å². The average molecular weight is 3020 g/mol. The van der Waals surface area contributed by atoms with Crippen molar-refractivity contribution in [2.45, 2.75) is 305 Å². The van der Waals surface area contributed by atoms with Gasteiger partial charge in [-0.2, -0.15) is 9.46 Å². The first-order chi connectivity index (χ1) is 69.6. The Morgan fingerprint density at radius 2 is 0.593 bits per heavy atom. The minimum atomic E-state index is -1.43. The Hall–Kier alpha value is 0.290. The second-order valence-corrected chi connectivity index (χ2v) is 84.7. The zero-order chi connectivity index (χ0) is 117. The first-order valence-electron chi connectivity index (χ1n) is 44.4. The molecule has 2 aromatic heterocycles. The van der Waals surface area contributed by atoms with Gasteiger partial charge < -0.3 is 37.0 Å². The van der Waals surface area contributed by atoms with Crippen LogP contribution in [0, 0.1) is 252 Å². The molecule has 0 saturated heterocycles. The van der Waals surface area contributed by atoms with Gasteiger partial charge in [0.2, 0.25) is 17.1 Å². The summed E-state index contributed by atoms with van der Waals surface area (Å²) >= 11 is 74.4. The minimum absolute atomic E-state index is 0. The Balaban J connectivity index is -0.000000401. The summed E-state index contributed by atoms with van der Waals surface area (Å²) in [5, 5.41) is 44.2. The molecule has 2 amide bonds. The molecule has 0 aliphatic heterocycles.